The van der Waals surface area contributed by atoms with Crippen molar-refractivity contribution in [3.63, 3.8) is 0 Å². The van der Waals surface area contributed by atoms with Crippen LogP contribution in [0.1, 0.15) is 5.56 Å². The number of nitrogens with zero attached hydrogens (tertiary/aromatic N) is 6. The fourth-order valence-electron chi connectivity index (χ4n) is 2.42. The summed E-state index contributed by atoms with van der Waals surface area (Å²) in [6.45, 7) is 1.95. The lowest BCUT2D eigenvalue weighted by Gasteiger charge is -1.99. The maximum atomic E-state index is 4.47. The van der Waals surface area contributed by atoms with Crippen LogP contribution in [0.5, 0.6) is 0 Å². The van der Waals surface area contributed by atoms with E-state index in [-0.39, 0.29) is 0 Å². The summed E-state index contributed by atoms with van der Waals surface area (Å²) in [5.74, 6) is 1.18. The van der Waals surface area contributed by atoms with Crippen molar-refractivity contribution < 1.29 is 0 Å². The van der Waals surface area contributed by atoms with Crippen LogP contribution in [0.2, 0.25) is 0 Å². The molecule has 0 bridgehead atoms. The molecular weight excluding hydrogens is 276 g/mol. The van der Waals surface area contributed by atoms with E-state index in [0.717, 1.165) is 11.1 Å². The summed E-state index contributed by atoms with van der Waals surface area (Å²) in [7, 11) is 2.03. The summed E-state index contributed by atoms with van der Waals surface area (Å²) in [5, 5.41) is 5.64. The monoisotopic (exact) mass is 290 g/mol. The predicted octanol–water partition coefficient (Wildman–Crippen LogP) is 2.52. The van der Waals surface area contributed by atoms with E-state index in [4.69, 9.17) is 0 Å². The van der Waals surface area contributed by atoms with Crippen LogP contribution in [0.15, 0.2) is 49.2 Å². The van der Waals surface area contributed by atoms with Crippen LogP contribution in [0.25, 0.3) is 28.2 Å². The fraction of sp³-hybridized carbons (Fsp3) is 0.125. The maximum Gasteiger partial charge on any atom is 0.251 e. The number of hydrogen-bond acceptors (Lipinski definition) is 4. The number of aryl methyl sites for hydroxylation is 2. The first-order chi connectivity index (χ1) is 10.7. The van der Waals surface area contributed by atoms with Gasteiger partial charge in [0.2, 0.25) is 0 Å². The molecule has 4 rings (SSSR count). The topological polar surface area (TPSA) is 61.4 Å². The summed E-state index contributed by atoms with van der Waals surface area (Å²) < 4.78 is 3.68. The Balaban J connectivity index is 1.74. The fourth-order valence-corrected chi connectivity index (χ4v) is 2.42. The van der Waals surface area contributed by atoms with Gasteiger partial charge in [-0.05, 0) is 36.8 Å². The van der Waals surface area contributed by atoms with Crippen molar-refractivity contribution in [3.05, 3.63) is 54.7 Å². The molecule has 108 valence electrons. The lowest BCUT2D eigenvalue weighted by atomic mass is 10.1. The van der Waals surface area contributed by atoms with Crippen LogP contribution < -0.4 is 0 Å². The van der Waals surface area contributed by atoms with Gasteiger partial charge < -0.3 is 4.57 Å². The standard InChI is InChI=1S/C16H14N6/c1-11-8-17-16(18-9-11)22-10-19-15(20-22)13-3-4-14-12(7-13)5-6-21(14)2/h3-10H,1-2H3. The highest BCUT2D eigenvalue weighted by Crippen LogP contribution is 2.22. The quantitative estimate of drug-likeness (QED) is 0.569. The highest BCUT2D eigenvalue weighted by atomic mass is 15.4. The van der Waals surface area contributed by atoms with Gasteiger partial charge in [-0.3, -0.25) is 0 Å². The summed E-state index contributed by atoms with van der Waals surface area (Å²) in [4.78, 5) is 12.9. The molecule has 0 atom stereocenters. The van der Waals surface area contributed by atoms with Gasteiger partial charge in [0.05, 0.1) is 0 Å². The Morgan fingerprint density at radius 3 is 2.64 bits per heavy atom. The molecule has 0 fully saturated rings. The van der Waals surface area contributed by atoms with Crippen molar-refractivity contribution in [2.24, 2.45) is 7.05 Å². The second kappa shape index (κ2) is 4.77. The highest BCUT2D eigenvalue weighted by molar-refractivity contribution is 5.84. The van der Waals surface area contributed by atoms with E-state index in [1.165, 1.54) is 10.9 Å². The highest BCUT2D eigenvalue weighted by Gasteiger charge is 2.08. The molecule has 1 aromatic carbocycles. The van der Waals surface area contributed by atoms with E-state index in [2.05, 4.69) is 42.8 Å². The average molecular weight is 290 g/mol. The Morgan fingerprint density at radius 1 is 1.00 bits per heavy atom. The SMILES string of the molecule is Cc1cnc(-n2cnc(-c3ccc4c(ccn4C)c3)n2)nc1. The summed E-state index contributed by atoms with van der Waals surface area (Å²) >= 11 is 0. The Morgan fingerprint density at radius 2 is 1.82 bits per heavy atom. The molecule has 22 heavy (non-hydrogen) atoms. The third-order valence-corrected chi connectivity index (χ3v) is 3.61. The first-order valence-corrected chi connectivity index (χ1v) is 6.97. The molecule has 0 radical (unpaired) electrons. The zero-order valence-corrected chi connectivity index (χ0v) is 12.3. The van der Waals surface area contributed by atoms with Crippen molar-refractivity contribution >= 4 is 10.9 Å². The number of benzene rings is 1. The van der Waals surface area contributed by atoms with Crippen LogP contribution in [0.3, 0.4) is 0 Å². The molecule has 0 saturated carbocycles. The van der Waals surface area contributed by atoms with Crippen LogP contribution >= 0.6 is 0 Å². The molecule has 0 unspecified atom stereocenters. The average Bonchev–Trinajstić information content (AvgIpc) is 3.15. The molecule has 6 heteroatoms. The largest absolute Gasteiger partial charge is 0.351 e. The van der Waals surface area contributed by atoms with Gasteiger partial charge in [-0.1, -0.05) is 0 Å². The summed E-state index contributed by atoms with van der Waals surface area (Å²) in [6.07, 6.45) is 7.20. The molecule has 3 heterocycles. The molecule has 0 aliphatic heterocycles. The van der Waals surface area contributed by atoms with Gasteiger partial charge >= 0.3 is 0 Å². The number of aromatic nitrogens is 6. The number of fused-ring (bicyclic) bond motifs is 1. The van der Waals surface area contributed by atoms with E-state index >= 15 is 0 Å². The van der Waals surface area contributed by atoms with E-state index < -0.39 is 0 Å². The zero-order valence-electron chi connectivity index (χ0n) is 12.3. The van der Waals surface area contributed by atoms with E-state index in [1.807, 2.05) is 26.2 Å². The Hall–Kier alpha value is -3.02. The molecule has 0 spiro atoms. The van der Waals surface area contributed by atoms with Crippen molar-refractivity contribution in [2.75, 3.05) is 0 Å². The molecule has 0 saturated heterocycles. The van der Waals surface area contributed by atoms with Gasteiger partial charge in [-0.15, -0.1) is 5.10 Å². The van der Waals surface area contributed by atoms with Gasteiger partial charge in [-0.25, -0.2) is 15.0 Å². The normalized spacial score (nSPS) is 11.2. The van der Waals surface area contributed by atoms with Crippen LogP contribution in [0, 0.1) is 6.92 Å². The first-order valence-electron chi connectivity index (χ1n) is 6.97. The Bertz CT molecular complexity index is 948. The smallest absolute Gasteiger partial charge is 0.251 e. The van der Waals surface area contributed by atoms with Crippen LogP contribution in [-0.4, -0.2) is 29.3 Å². The van der Waals surface area contributed by atoms with Crippen molar-refractivity contribution in [3.8, 4) is 17.3 Å². The molecule has 3 aromatic heterocycles. The molecule has 0 N–H and O–H groups in total. The second-order valence-electron chi connectivity index (χ2n) is 5.27. The number of hydrogen-bond donors (Lipinski definition) is 0. The molecule has 0 aliphatic carbocycles. The molecule has 0 aliphatic rings. The van der Waals surface area contributed by atoms with Gasteiger partial charge in [0, 0.05) is 42.1 Å². The van der Waals surface area contributed by atoms with E-state index in [9.17, 15) is 0 Å². The molecule has 4 aromatic rings. The third-order valence-electron chi connectivity index (χ3n) is 3.61. The number of rotatable bonds is 2. The van der Waals surface area contributed by atoms with Crippen molar-refractivity contribution in [2.45, 2.75) is 6.92 Å². The zero-order chi connectivity index (χ0) is 15.1. The van der Waals surface area contributed by atoms with Crippen molar-refractivity contribution in [1.29, 1.82) is 0 Å². The van der Waals surface area contributed by atoms with Crippen molar-refractivity contribution in [1.82, 2.24) is 29.3 Å². The maximum absolute atomic E-state index is 4.47. The predicted molar refractivity (Wildman–Crippen MR) is 83.6 cm³/mol. The van der Waals surface area contributed by atoms with E-state index in [1.54, 1.807) is 23.4 Å². The molecule has 6 nitrogen and oxygen atoms in total. The van der Waals surface area contributed by atoms with Crippen LogP contribution in [-0.2, 0) is 7.05 Å². The molecule has 0 amide bonds. The van der Waals surface area contributed by atoms with Gasteiger partial charge in [0.25, 0.3) is 5.95 Å². The van der Waals surface area contributed by atoms with Crippen LogP contribution in [0.4, 0.5) is 0 Å². The summed E-state index contributed by atoms with van der Waals surface area (Å²) in [6, 6.07) is 8.27. The Kier molecular flexibility index (Phi) is 2.75. The minimum atomic E-state index is 0.519. The lowest BCUT2D eigenvalue weighted by molar-refractivity contribution is 0.806. The van der Waals surface area contributed by atoms with Gasteiger partial charge in [0.15, 0.2) is 5.82 Å². The second-order valence-corrected chi connectivity index (χ2v) is 5.27. The molecular formula is C16H14N6. The Labute approximate surface area is 127 Å². The third kappa shape index (κ3) is 2.05. The van der Waals surface area contributed by atoms with E-state index in [0.29, 0.717) is 11.8 Å². The first kappa shape index (κ1) is 12.7. The summed E-state index contributed by atoms with van der Waals surface area (Å²) in [5.41, 5.74) is 3.17. The lowest BCUT2D eigenvalue weighted by Crippen LogP contribution is -2.01. The minimum Gasteiger partial charge on any atom is -0.351 e. The minimum absolute atomic E-state index is 0.519. The van der Waals surface area contributed by atoms with Gasteiger partial charge in [-0.2, -0.15) is 4.68 Å². The van der Waals surface area contributed by atoms with Gasteiger partial charge in [0.1, 0.15) is 6.33 Å².